The van der Waals surface area contributed by atoms with Gasteiger partial charge in [-0.25, -0.2) is 9.37 Å². The number of nitriles is 1. The predicted molar refractivity (Wildman–Crippen MR) is 132 cm³/mol. The molecular weight excluding hydrogens is 453 g/mol. The average Bonchev–Trinajstić information content (AvgIpc) is 3.28. The summed E-state index contributed by atoms with van der Waals surface area (Å²) in [5, 5.41) is 12.6. The van der Waals surface area contributed by atoms with Crippen LogP contribution in [0.4, 0.5) is 9.52 Å². The first-order valence-electron chi connectivity index (χ1n) is 11.0. The Morgan fingerprint density at radius 2 is 2.00 bits per heavy atom. The van der Waals surface area contributed by atoms with E-state index in [1.54, 1.807) is 43.6 Å². The summed E-state index contributed by atoms with van der Waals surface area (Å²) in [6.07, 6.45) is 6.88. The normalized spacial score (nSPS) is 11.1. The molecule has 3 rings (SSSR count). The van der Waals surface area contributed by atoms with Gasteiger partial charge in [0.15, 0.2) is 16.6 Å². The van der Waals surface area contributed by atoms with Gasteiger partial charge in [0.05, 0.1) is 13.7 Å². The van der Waals surface area contributed by atoms with Crippen molar-refractivity contribution in [2.45, 2.75) is 32.6 Å². The number of nitrogens with one attached hydrogen (secondary N) is 1. The van der Waals surface area contributed by atoms with Gasteiger partial charge < -0.3 is 9.47 Å². The molecule has 1 heterocycles. The summed E-state index contributed by atoms with van der Waals surface area (Å²) in [4.78, 5) is 17.8. The lowest BCUT2D eigenvalue weighted by Crippen LogP contribution is -2.13. The molecule has 0 unspecified atom stereocenters. The number of hydrogen-bond acceptors (Lipinski definition) is 6. The second kappa shape index (κ2) is 12.5. The third-order valence-corrected chi connectivity index (χ3v) is 5.85. The number of aromatic nitrogens is 1. The molecule has 1 N–H and O–H groups in total. The first kappa shape index (κ1) is 24.9. The van der Waals surface area contributed by atoms with Gasteiger partial charge >= 0.3 is 0 Å². The van der Waals surface area contributed by atoms with E-state index in [-0.39, 0.29) is 11.4 Å². The van der Waals surface area contributed by atoms with Crippen LogP contribution < -0.4 is 14.8 Å². The van der Waals surface area contributed by atoms with Crippen LogP contribution in [0.15, 0.2) is 54.2 Å². The molecule has 0 fully saturated rings. The number of amides is 1. The number of carbonyl (C=O) groups is 1. The number of thiazole rings is 1. The smallest absolute Gasteiger partial charge is 0.268 e. The molecule has 0 spiro atoms. The summed E-state index contributed by atoms with van der Waals surface area (Å²) in [6, 6.07) is 13.4. The molecule has 0 saturated heterocycles. The van der Waals surface area contributed by atoms with E-state index in [9.17, 15) is 14.4 Å². The van der Waals surface area contributed by atoms with Crippen molar-refractivity contribution < 1.29 is 18.7 Å². The Morgan fingerprint density at radius 1 is 1.21 bits per heavy atom. The van der Waals surface area contributed by atoms with Gasteiger partial charge in [0, 0.05) is 17.5 Å². The van der Waals surface area contributed by atoms with Crippen LogP contribution in [-0.2, 0) is 11.2 Å². The van der Waals surface area contributed by atoms with E-state index >= 15 is 0 Å². The average molecular weight is 480 g/mol. The van der Waals surface area contributed by atoms with Crippen molar-refractivity contribution in [2.75, 3.05) is 19.0 Å². The Morgan fingerprint density at radius 3 is 2.71 bits per heavy atom. The summed E-state index contributed by atoms with van der Waals surface area (Å²) in [5.41, 5.74) is 1.52. The Bertz CT molecular complexity index is 1180. The number of benzene rings is 2. The second-order valence-corrected chi connectivity index (χ2v) is 8.64. The number of anilines is 1. The Hall–Kier alpha value is -3.70. The van der Waals surface area contributed by atoms with Crippen LogP contribution in [0.2, 0.25) is 0 Å². The lowest BCUT2D eigenvalue weighted by molar-refractivity contribution is -0.112. The Balaban J connectivity index is 1.66. The van der Waals surface area contributed by atoms with Gasteiger partial charge in [-0.3, -0.25) is 10.1 Å². The molecule has 3 aromatic rings. The maximum Gasteiger partial charge on any atom is 0.268 e. The zero-order chi connectivity index (χ0) is 24.3. The van der Waals surface area contributed by atoms with Gasteiger partial charge in [-0.05, 0) is 47.9 Å². The summed E-state index contributed by atoms with van der Waals surface area (Å²) in [5.74, 6) is 0.316. The number of unbranched alkanes of at least 4 members (excludes halogenated alkanes) is 2. The minimum absolute atomic E-state index is 0.0612. The third kappa shape index (κ3) is 7.15. The first-order valence-corrected chi connectivity index (χ1v) is 11.8. The van der Waals surface area contributed by atoms with Crippen LogP contribution in [0, 0.1) is 17.1 Å². The van der Waals surface area contributed by atoms with E-state index in [0.29, 0.717) is 35.2 Å². The Labute approximate surface area is 202 Å². The van der Waals surface area contributed by atoms with Crippen LogP contribution in [0.5, 0.6) is 11.5 Å². The molecule has 8 heteroatoms. The first-order chi connectivity index (χ1) is 16.5. The quantitative estimate of drug-likeness (QED) is 0.207. The molecule has 2 aromatic carbocycles. The monoisotopic (exact) mass is 479 g/mol. The molecule has 0 aliphatic rings. The fourth-order valence-electron chi connectivity index (χ4n) is 3.16. The maximum absolute atomic E-state index is 13.1. The van der Waals surface area contributed by atoms with Crippen molar-refractivity contribution in [3.05, 3.63) is 76.1 Å². The van der Waals surface area contributed by atoms with E-state index in [0.717, 1.165) is 29.7 Å². The van der Waals surface area contributed by atoms with E-state index in [4.69, 9.17) is 9.47 Å². The van der Waals surface area contributed by atoms with E-state index in [1.165, 1.54) is 29.5 Å². The Kier molecular flexibility index (Phi) is 9.18. The van der Waals surface area contributed by atoms with Crippen molar-refractivity contribution >= 4 is 28.5 Å². The highest BCUT2D eigenvalue weighted by Crippen LogP contribution is 2.29. The van der Waals surface area contributed by atoms with E-state index in [1.807, 2.05) is 6.07 Å². The van der Waals surface area contributed by atoms with Crippen molar-refractivity contribution in [2.24, 2.45) is 0 Å². The van der Waals surface area contributed by atoms with Crippen LogP contribution in [-0.4, -0.2) is 24.6 Å². The van der Waals surface area contributed by atoms with Gasteiger partial charge in [-0.2, -0.15) is 5.26 Å². The standard InChI is InChI=1S/C26H26FN3O3S/c1-3-4-5-12-33-23-11-8-19(15-24(23)32-2)13-20(16-28)25(31)30-26-29-17-22(34-26)14-18-6-9-21(27)10-7-18/h6-11,13,15,17H,3-5,12,14H2,1-2H3,(H,29,30,31). The number of halogens is 1. The molecule has 1 amide bonds. The van der Waals surface area contributed by atoms with Crippen LogP contribution in [0.3, 0.4) is 0 Å². The molecular formula is C26H26FN3O3S. The topological polar surface area (TPSA) is 84.2 Å². The number of rotatable bonds is 11. The largest absolute Gasteiger partial charge is 0.493 e. The molecule has 176 valence electrons. The molecule has 0 bridgehead atoms. The summed E-state index contributed by atoms with van der Waals surface area (Å²) in [7, 11) is 1.55. The SMILES string of the molecule is CCCCCOc1ccc(C=C(C#N)C(=O)Nc2ncc(Cc3ccc(F)cc3)s2)cc1OC. The number of nitrogens with zero attached hydrogens (tertiary/aromatic N) is 2. The molecule has 6 nitrogen and oxygen atoms in total. The third-order valence-electron chi connectivity index (χ3n) is 4.93. The molecule has 0 saturated carbocycles. The lowest BCUT2D eigenvalue weighted by Gasteiger charge is -2.11. The highest BCUT2D eigenvalue weighted by molar-refractivity contribution is 7.15. The van der Waals surface area contributed by atoms with Gasteiger partial charge in [-0.1, -0.05) is 38.0 Å². The minimum atomic E-state index is -0.552. The number of hydrogen-bond donors (Lipinski definition) is 1. The molecule has 0 radical (unpaired) electrons. The second-order valence-electron chi connectivity index (χ2n) is 7.52. The van der Waals surface area contributed by atoms with E-state index in [2.05, 4.69) is 17.2 Å². The molecule has 0 aliphatic heterocycles. The lowest BCUT2D eigenvalue weighted by atomic mass is 10.1. The van der Waals surface area contributed by atoms with Gasteiger partial charge in [-0.15, -0.1) is 11.3 Å². The molecule has 0 aliphatic carbocycles. The zero-order valence-corrected chi connectivity index (χ0v) is 20.0. The fraction of sp³-hybridized carbons (Fsp3) is 0.269. The van der Waals surface area contributed by atoms with Gasteiger partial charge in [0.1, 0.15) is 17.5 Å². The van der Waals surface area contributed by atoms with Crippen molar-refractivity contribution in [3.63, 3.8) is 0 Å². The number of ether oxygens (including phenoxy) is 2. The highest BCUT2D eigenvalue weighted by atomic mass is 32.1. The van der Waals surface area contributed by atoms with Crippen molar-refractivity contribution in [1.29, 1.82) is 5.26 Å². The van der Waals surface area contributed by atoms with Crippen LogP contribution in [0.1, 0.15) is 42.2 Å². The van der Waals surface area contributed by atoms with Crippen molar-refractivity contribution in [1.82, 2.24) is 4.98 Å². The maximum atomic E-state index is 13.1. The van der Waals surface area contributed by atoms with E-state index < -0.39 is 5.91 Å². The summed E-state index contributed by atoms with van der Waals surface area (Å²) in [6.45, 7) is 2.73. The van der Waals surface area contributed by atoms with Gasteiger partial charge in [0.2, 0.25) is 0 Å². The molecule has 34 heavy (non-hydrogen) atoms. The summed E-state index contributed by atoms with van der Waals surface area (Å²) < 4.78 is 24.3. The minimum Gasteiger partial charge on any atom is -0.493 e. The number of methoxy groups -OCH3 is 1. The molecule has 0 atom stereocenters. The highest BCUT2D eigenvalue weighted by Gasteiger charge is 2.13. The fourth-order valence-corrected chi connectivity index (χ4v) is 4.00. The van der Waals surface area contributed by atoms with Crippen LogP contribution in [0.25, 0.3) is 6.08 Å². The molecule has 1 aromatic heterocycles. The number of carbonyl (C=O) groups excluding carboxylic acids is 1. The van der Waals surface area contributed by atoms with Crippen LogP contribution >= 0.6 is 11.3 Å². The van der Waals surface area contributed by atoms with Crippen molar-refractivity contribution in [3.8, 4) is 17.6 Å². The summed E-state index contributed by atoms with van der Waals surface area (Å²) >= 11 is 1.30. The predicted octanol–water partition coefficient (Wildman–Crippen LogP) is 6.00. The zero-order valence-electron chi connectivity index (χ0n) is 19.1. The van der Waals surface area contributed by atoms with Gasteiger partial charge in [0.25, 0.3) is 5.91 Å².